The van der Waals surface area contributed by atoms with Crippen LogP contribution in [0.5, 0.6) is 0 Å². The molecule has 0 unspecified atom stereocenters. The van der Waals surface area contributed by atoms with Crippen LogP contribution >= 0.6 is 0 Å². The van der Waals surface area contributed by atoms with Crippen LogP contribution in [0.4, 0.5) is 0 Å². The van der Waals surface area contributed by atoms with E-state index in [-0.39, 0.29) is 0 Å². The fourth-order valence-electron chi connectivity index (χ4n) is 1.26. The van der Waals surface area contributed by atoms with Crippen molar-refractivity contribution in [3.63, 3.8) is 0 Å². The molecule has 1 aromatic rings. The summed E-state index contributed by atoms with van der Waals surface area (Å²) in [5.74, 6) is 0.571. The van der Waals surface area contributed by atoms with Crippen molar-refractivity contribution < 1.29 is 8.42 Å². The first-order chi connectivity index (χ1) is 6.53. The van der Waals surface area contributed by atoms with Gasteiger partial charge in [0, 0.05) is 18.9 Å². The van der Waals surface area contributed by atoms with Gasteiger partial charge in [-0.25, -0.2) is 18.1 Å². The second kappa shape index (κ2) is 4.10. The molecule has 1 aromatic heterocycles. The SMILES string of the molecule is CCn1ccnc1[C@@H](C)S(=O)(=O)NC. The molecule has 0 saturated heterocycles. The zero-order valence-electron chi connectivity index (χ0n) is 8.56. The van der Waals surface area contributed by atoms with Gasteiger partial charge < -0.3 is 4.57 Å². The van der Waals surface area contributed by atoms with Gasteiger partial charge in [-0.2, -0.15) is 0 Å². The first-order valence-corrected chi connectivity index (χ1v) is 6.01. The fraction of sp³-hybridized carbons (Fsp3) is 0.625. The third-order valence-corrected chi connectivity index (χ3v) is 3.91. The first kappa shape index (κ1) is 11.2. The lowest BCUT2D eigenvalue weighted by molar-refractivity contribution is 0.569. The number of nitrogens with one attached hydrogen (secondary N) is 1. The normalized spacial score (nSPS) is 14.2. The number of hydrogen-bond donors (Lipinski definition) is 1. The number of aromatic nitrogens is 2. The Hall–Kier alpha value is -0.880. The van der Waals surface area contributed by atoms with Crippen molar-refractivity contribution in [3.05, 3.63) is 18.2 Å². The zero-order chi connectivity index (χ0) is 10.8. The largest absolute Gasteiger partial charge is 0.334 e. The molecule has 0 bridgehead atoms. The maximum atomic E-state index is 11.5. The van der Waals surface area contributed by atoms with E-state index in [4.69, 9.17) is 0 Å². The molecule has 0 aliphatic rings. The molecule has 1 atom stereocenters. The van der Waals surface area contributed by atoms with Crippen LogP contribution in [-0.4, -0.2) is 25.0 Å². The van der Waals surface area contributed by atoms with E-state index in [1.165, 1.54) is 7.05 Å². The van der Waals surface area contributed by atoms with E-state index in [1.807, 2.05) is 11.5 Å². The van der Waals surface area contributed by atoms with Gasteiger partial charge in [0.05, 0.1) is 0 Å². The number of hydrogen-bond acceptors (Lipinski definition) is 3. The van der Waals surface area contributed by atoms with E-state index < -0.39 is 15.3 Å². The average Bonchev–Trinajstić information content (AvgIpc) is 2.64. The molecule has 80 valence electrons. The third-order valence-electron chi connectivity index (χ3n) is 2.20. The maximum absolute atomic E-state index is 11.5. The lowest BCUT2D eigenvalue weighted by Gasteiger charge is -2.12. The van der Waals surface area contributed by atoms with Crippen LogP contribution in [0.1, 0.15) is 24.9 Å². The van der Waals surface area contributed by atoms with Gasteiger partial charge in [0.15, 0.2) is 0 Å². The van der Waals surface area contributed by atoms with Gasteiger partial charge >= 0.3 is 0 Å². The molecule has 0 fully saturated rings. The molecular weight excluding hydrogens is 202 g/mol. The number of nitrogens with zero attached hydrogens (tertiary/aromatic N) is 2. The van der Waals surface area contributed by atoms with Crippen molar-refractivity contribution in [2.75, 3.05) is 7.05 Å². The predicted molar refractivity (Wildman–Crippen MR) is 54.3 cm³/mol. The third kappa shape index (κ3) is 1.96. The van der Waals surface area contributed by atoms with Gasteiger partial charge in [0.1, 0.15) is 11.1 Å². The van der Waals surface area contributed by atoms with Crippen LogP contribution < -0.4 is 4.72 Å². The quantitative estimate of drug-likeness (QED) is 0.799. The Labute approximate surface area is 84.2 Å². The Bertz CT molecular complexity index is 396. The second-order valence-electron chi connectivity index (χ2n) is 2.96. The predicted octanol–water partition coefficient (Wildman–Crippen LogP) is 0.513. The summed E-state index contributed by atoms with van der Waals surface area (Å²) in [7, 11) is -1.88. The van der Waals surface area contributed by atoms with Gasteiger partial charge in [-0.3, -0.25) is 0 Å². The summed E-state index contributed by atoms with van der Waals surface area (Å²) >= 11 is 0. The minimum atomic E-state index is -3.29. The number of imidazole rings is 1. The summed E-state index contributed by atoms with van der Waals surface area (Å²) in [6, 6.07) is 0. The summed E-state index contributed by atoms with van der Waals surface area (Å²) in [6.45, 7) is 4.29. The van der Waals surface area contributed by atoms with Gasteiger partial charge in [0.25, 0.3) is 0 Å². The van der Waals surface area contributed by atoms with Crippen molar-refractivity contribution in [3.8, 4) is 0 Å². The molecule has 1 rings (SSSR count). The van der Waals surface area contributed by atoms with E-state index in [9.17, 15) is 8.42 Å². The average molecular weight is 217 g/mol. The molecule has 0 saturated carbocycles. The summed E-state index contributed by atoms with van der Waals surface area (Å²) in [5.41, 5.74) is 0. The standard InChI is InChI=1S/C8H15N3O2S/c1-4-11-6-5-10-8(11)7(2)14(12,13)9-3/h5-7,9H,4H2,1-3H3/t7-/m1/s1. The van der Waals surface area contributed by atoms with Crippen LogP contribution in [0, 0.1) is 0 Å². The van der Waals surface area contributed by atoms with E-state index in [2.05, 4.69) is 9.71 Å². The zero-order valence-corrected chi connectivity index (χ0v) is 9.37. The van der Waals surface area contributed by atoms with Crippen LogP contribution in [-0.2, 0) is 16.6 Å². The Morgan fingerprint density at radius 2 is 2.29 bits per heavy atom. The van der Waals surface area contributed by atoms with Crippen LogP contribution in [0.25, 0.3) is 0 Å². The first-order valence-electron chi connectivity index (χ1n) is 4.46. The maximum Gasteiger partial charge on any atom is 0.221 e. The minimum Gasteiger partial charge on any atom is -0.334 e. The van der Waals surface area contributed by atoms with Gasteiger partial charge in [-0.05, 0) is 20.9 Å². The highest BCUT2D eigenvalue weighted by Gasteiger charge is 2.24. The molecule has 0 aliphatic heterocycles. The van der Waals surface area contributed by atoms with Gasteiger partial charge in [-0.1, -0.05) is 0 Å². The molecule has 1 N–H and O–H groups in total. The molecular formula is C8H15N3O2S. The minimum absolute atomic E-state index is 0.571. The highest BCUT2D eigenvalue weighted by atomic mass is 32.2. The lowest BCUT2D eigenvalue weighted by Crippen LogP contribution is -2.26. The number of aryl methyl sites for hydroxylation is 1. The van der Waals surface area contributed by atoms with Gasteiger partial charge in [0.2, 0.25) is 10.0 Å². The van der Waals surface area contributed by atoms with Crippen molar-refractivity contribution in [2.24, 2.45) is 0 Å². The van der Waals surface area contributed by atoms with Crippen molar-refractivity contribution in [1.29, 1.82) is 0 Å². The molecule has 1 heterocycles. The Balaban J connectivity index is 3.06. The van der Waals surface area contributed by atoms with E-state index in [0.717, 1.165) is 6.54 Å². The molecule has 0 aliphatic carbocycles. The molecule has 6 heteroatoms. The Morgan fingerprint density at radius 1 is 1.64 bits per heavy atom. The van der Waals surface area contributed by atoms with Crippen LogP contribution in [0.15, 0.2) is 12.4 Å². The van der Waals surface area contributed by atoms with Crippen LogP contribution in [0.3, 0.4) is 0 Å². The molecule has 5 nitrogen and oxygen atoms in total. The summed E-state index contributed by atoms with van der Waals surface area (Å²) in [6.07, 6.45) is 3.39. The topological polar surface area (TPSA) is 64.0 Å². The molecule has 14 heavy (non-hydrogen) atoms. The van der Waals surface area contributed by atoms with Gasteiger partial charge in [-0.15, -0.1) is 0 Å². The monoisotopic (exact) mass is 217 g/mol. The van der Waals surface area contributed by atoms with Crippen LogP contribution in [0.2, 0.25) is 0 Å². The highest BCUT2D eigenvalue weighted by molar-refractivity contribution is 7.89. The molecule has 0 amide bonds. The fourth-order valence-corrected chi connectivity index (χ4v) is 2.09. The highest BCUT2D eigenvalue weighted by Crippen LogP contribution is 2.18. The molecule has 0 spiro atoms. The van der Waals surface area contributed by atoms with Crippen molar-refractivity contribution in [2.45, 2.75) is 25.6 Å². The number of rotatable bonds is 4. The summed E-state index contributed by atoms with van der Waals surface area (Å²) in [5, 5.41) is -0.623. The van der Waals surface area contributed by atoms with E-state index in [1.54, 1.807) is 19.3 Å². The van der Waals surface area contributed by atoms with E-state index >= 15 is 0 Å². The Kier molecular flexibility index (Phi) is 3.28. The van der Waals surface area contributed by atoms with Crippen molar-refractivity contribution in [1.82, 2.24) is 14.3 Å². The Morgan fingerprint density at radius 3 is 2.79 bits per heavy atom. The van der Waals surface area contributed by atoms with E-state index in [0.29, 0.717) is 5.82 Å². The molecule has 0 aromatic carbocycles. The molecule has 0 radical (unpaired) electrons. The smallest absolute Gasteiger partial charge is 0.221 e. The lowest BCUT2D eigenvalue weighted by atomic mass is 10.4. The summed E-state index contributed by atoms with van der Waals surface area (Å²) < 4.78 is 27.1. The second-order valence-corrected chi connectivity index (χ2v) is 5.17. The number of sulfonamides is 1. The van der Waals surface area contributed by atoms with Crippen molar-refractivity contribution >= 4 is 10.0 Å². The summed E-state index contributed by atoms with van der Waals surface area (Å²) in [4.78, 5) is 4.04.